The summed E-state index contributed by atoms with van der Waals surface area (Å²) >= 11 is 0. The van der Waals surface area contributed by atoms with Gasteiger partial charge in [0.1, 0.15) is 0 Å². The van der Waals surface area contributed by atoms with Crippen LogP contribution in [0.25, 0.3) is 0 Å². The fourth-order valence-electron chi connectivity index (χ4n) is 2.07. The summed E-state index contributed by atoms with van der Waals surface area (Å²) in [6, 6.07) is 0. The predicted molar refractivity (Wildman–Crippen MR) is 60.0 cm³/mol. The molecule has 1 aliphatic rings. The second-order valence-corrected chi connectivity index (χ2v) is 4.43. The van der Waals surface area contributed by atoms with Crippen LogP contribution in [0.4, 0.5) is 0 Å². The minimum atomic E-state index is -0.793. The quantitative estimate of drug-likeness (QED) is 0.658. The number of hydrogen-bond acceptors (Lipinski definition) is 3. The summed E-state index contributed by atoms with van der Waals surface area (Å²) in [6.45, 7) is 3.65. The van der Waals surface area contributed by atoms with Crippen LogP contribution in [0.3, 0.4) is 0 Å². The van der Waals surface area contributed by atoms with Gasteiger partial charge >= 0.3 is 5.97 Å². The van der Waals surface area contributed by atoms with Crippen molar-refractivity contribution in [3.05, 3.63) is 0 Å². The number of amides is 1. The van der Waals surface area contributed by atoms with E-state index in [2.05, 4.69) is 5.32 Å². The third-order valence-electron chi connectivity index (χ3n) is 3.10. The fourth-order valence-corrected chi connectivity index (χ4v) is 2.07. The smallest absolute Gasteiger partial charge is 0.308 e. The van der Waals surface area contributed by atoms with Crippen molar-refractivity contribution in [3.8, 4) is 0 Å². The van der Waals surface area contributed by atoms with Crippen LogP contribution in [0, 0.1) is 11.8 Å². The van der Waals surface area contributed by atoms with Crippen molar-refractivity contribution < 1.29 is 14.7 Å². The van der Waals surface area contributed by atoms with Gasteiger partial charge in [0.25, 0.3) is 0 Å². The highest BCUT2D eigenvalue weighted by molar-refractivity contribution is 5.78. The molecule has 2 atom stereocenters. The van der Waals surface area contributed by atoms with Gasteiger partial charge in [0, 0.05) is 19.5 Å². The van der Waals surface area contributed by atoms with E-state index in [1.165, 1.54) is 0 Å². The second-order valence-electron chi connectivity index (χ2n) is 4.43. The zero-order valence-electron chi connectivity index (χ0n) is 9.90. The number of rotatable bonds is 5. The summed E-state index contributed by atoms with van der Waals surface area (Å²) in [5, 5.41) is 11.9. The first-order valence-corrected chi connectivity index (χ1v) is 5.71. The Morgan fingerprint density at radius 2 is 2.12 bits per heavy atom. The predicted octanol–water partition coefficient (Wildman–Crippen LogP) is 0.165. The fraction of sp³-hybridized carbons (Fsp3) is 0.818. The number of likely N-dealkylation sites (tertiary alicyclic amines) is 1. The number of carboxylic acids is 1. The highest BCUT2D eigenvalue weighted by Gasteiger charge is 2.36. The van der Waals surface area contributed by atoms with Crippen molar-refractivity contribution in [2.24, 2.45) is 11.8 Å². The molecule has 5 heteroatoms. The van der Waals surface area contributed by atoms with E-state index in [0.717, 1.165) is 13.0 Å². The summed E-state index contributed by atoms with van der Waals surface area (Å²) in [5.41, 5.74) is 0. The van der Waals surface area contributed by atoms with Crippen LogP contribution in [0.15, 0.2) is 0 Å². The van der Waals surface area contributed by atoms with Crippen molar-refractivity contribution >= 4 is 11.9 Å². The number of carbonyl (C=O) groups is 2. The van der Waals surface area contributed by atoms with E-state index >= 15 is 0 Å². The molecule has 1 aliphatic heterocycles. The van der Waals surface area contributed by atoms with Crippen LogP contribution < -0.4 is 5.32 Å². The molecule has 0 aliphatic carbocycles. The Balaban J connectivity index is 2.39. The SMILES string of the molecule is CNCCCC(=O)N1CC(C)C(C(=O)O)C1. The Hall–Kier alpha value is -1.10. The molecule has 92 valence electrons. The summed E-state index contributed by atoms with van der Waals surface area (Å²) in [7, 11) is 1.85. The van der Waals surface area contributed by atoms with Gasteiger partial charge in [-0.15, -0.1) is 0 Å². The first kappa shape index (κ1) is 13.0. The van der Waals surface area contributed by atoms with Gasteiger partial charge < -0.3 is 15.3 Å². The zero-order chi connectivity index (χ0) is 12.1. The summed E-state index contributed by atoms with van der Waals surface area (Å²) < 4.78 is 0. The summed E-state index contributed by atoms with van der Waals surface area (Å²) in [6.07, 6.45) is 1.30. The molecule has 1 fully saturated rings. The summed E-state index contributed by atoms with van der Waals surface area (Å²) in [4.78, 5) is 24.3. The Bertz CT molecular complexity index is 268. The number of carbonyl (C=O) groups excluding carboxylic acids is 1. The molecule has 0 aromatic rings. The largest absolute Gasteiger partial charge is 0.481 e. The van der Waals surface area contributed by atoms with Crippen LogP contribution in [0.2, 0.25) is 0 Å². The molecule has 16 heavy (non-hydrogen) atoms. The van der Waals surface area contributed by atoms with Gasteiger partial charge in [-0.2, -0.15) is 0 Å². The lowest BCUT2D eigenvalue weighted by Crippen LogP contribution is -2.30. The Morgan fingerprint density at radius 3 is 2.62 bits per heavy atom. The number of aliphatic carboxylic acids is 1. The first-order chi connectivity index (χ1) is 7.56. The molecule has 2 unspecified atom stereocenters. The average molecular weight is 228 g/mol. The molecular formula is C11H20N2O3. The standard InChI is InChI=1S/C11H20N2O3/c1-8-6-13(7-9(8)11(15)16)10(14)4-3-5-12-2/h8-9,12H,3-7H2,1-2H3,(H,15,16). The number of carboxylic acid groups (broad SMARTS) is 1. The molecule has 0 spiro atoms. The maximum Gasteiger partial charge on any atom is 0.308 e. The molecule has 1 rings (SSSR count). The lowest BCUT2D eigenvalue weighted by molar-refractivity contribution is -0.142. The highest BCUT2D eigenvalue weighted by Crippen LogP contribution is 2.23. The van der Waals surface area contributed by atoms with Gasteiger partial charge in [0.2, 0.25) is 5.91 Å². The van der Waals surface area contributed by atoms with Crippen molar-refractivity contribution in [1.29, 1.82) is 0 Å². The molecule has 1 heterocycles. The zero-order valence-corrected chi connectivity index (χ0v) is 9.90. The van der Waals surface area contributed by atoms with Gasteiger partial charge in [-0.1, -0.05) is 6.92 Å². The molecule has 0 radical (unpaired) electrons. The van der Waals surface area contributed by atoms with Crippen molar-refractivity contribution in [1.82, 2.24) is 10.2 Å². The van der Waals surface area contributed by atoms with E-state index in [9.17, 15) is 9.59 Å². The van der Waals surface area contributed by atoms with E-state index in [-0.39, 0.29) is 11.8 Å². The van der Waals surface area contributed by atoms with Crippen molar-refractivity contribution in [2.75, 3.05) is 26.7 Å². The Kier molecular flexibility index (Phi) is 4.73. The minimum absolute atomic E-state index is 0.0609. The third-order valence-corrected chi connectivity index (χ3v) is 3.10. The molecule has 0 bridgehead atoms. The highest BCUT2D eigenvalue weighted by atomic mass is 16.4. The molecule has 0 aromatic heterocycles. The molecular weight excluding hydrogens is 208 g/mol. The average Bonchev–Trinajstić information content (AvgIpc) is 2.60. The Morgan fingerprint density at radius 1 is 1.44 bits per heavy atom. The van der Waals surface area contributed by atoms with Gasteiger partial charge in [-0.25, -0.2) is 0 Å². The van der Waals surface area contributed by atoms with E-state index < -0.39 is 11.9 Å². The lowest BCUT2D eigenvalue weighted by atomic mass is 9.99. The number of hydrogen-bond donors (Lipinski definition) is 2. The van der Waals surface area contributed by atoms with Gasteiger partial charge in [0.05, 0.1) is 5.92 Å². The van der Waals surface area contributed by atoms with Crippen LogP contribution in [-0.2, 0) is 9.59 Å². The molecule has 5 nitrogen and oxygen atoms in total. The second kappa shape index (κ2) is 5.84. The molecule has 1 saturated heterocycles. The number of nitrogens with one attached hydrogen (secondary N) is 1. The molecule has 0 aromatic carbocycles. The first-order valence-electron chi connectivity index (χ1n) is 5.71. The maximum atomic E-state index is 11.7. The van der Waals surface area contributed by atoms with E-state index in [1.807, 2.05) is 14.0 Å². The molecule has 0 saturated carbocycles. The topological polar surface area (TPSA) is 69.6 Å². The van der Waals surface area contributed by atoms with E-state index in [4.69, 9.17) is 5.11 Å². The van der Waals surface area contributed by atoms with Crippen LogP contribution >= 0.6 is 0 Å². The Labute approximate surface area is 95.8 Å². The van der Waals surface area contributed by atoms with Crippen LogP contribution in [0.1, 0.15) is 19.8 Å². The van der Waals surface area contributed by atoms with Gasteiger partial charge in [-0.3, -0.25) is 9.59 Å². The normalized spacial score (nSPS) is 24.8. The third kappa shape index (κ3) is 3.20. The van der Waals surface area contributed by atoms with Crippen LogP contribution in [0.5, 0.6) is 0 Å². The molecule has 2 N–H and O–H groups in total. The minimum Gasteiger partial charge on any atom is -0.481 e. The van der Waals surface area contributed by atoms with Gasteiger partial charge in [0.15, 0.2) is 0 Å². The van der Waals surface area contributed by atoms with Crippen LogP contribution in [-0.4, -0.2) is 48.6 Å². The van der Waals surface area contributed by atoms with E-state index in [0.29, 0.717) is 19.5 Å². The maximum absolute atomic E-state index is 11.7. The molecule has 1 amide bonds. The summed E-state index contributed by atoms with van der Waals surface area (Å²) in [5.74, 6) is -1.05. The van der Waals surface area contributed by atoms with Crippen molar-refractivity contribution in [2.45, 2.75) is 19.8 Å². The monoisotopic (exact) mass is 228 g/mol. The van der Waals surface area contributed by atoms with Gasteiger partial charge in [-0.05, 0) is 25.9 Å². The number of nitrogens with zero attached hydrogens (tertiary/aromatic N) is 1. The van der Waals surface area contributed by atoms with E-state index in [1.54, 1.807) is 4.90 Å². The van der Waals surface area contributed by atoms with Crippen molar-refractivity contribution in [3.63, 3.8) is 0 Å². The lowest BCUT2D eigenvalue weighted by Gasteiger charge is -2.15.